The fraction of sp³-hybridized carbons (Fsp3) is 0.533. The third kappa shape index (κ3) is 5.01. The van der Waals surface area contributed by atoms with Crippen LogP contribution in [0.3, 0.4) is 0 Å². The van der Waals surface area contributed by atoms with Crippen molar-refractivity contribution in [2.24, 2.45) is 5.73 Å². The van der Waals surface area contributed by atoms with Gasteiger partial charge in [-0.1, -0.05) is 30.3 Å². The molecule has 0 aliphatic carbocycles. The van der Waals surface area contributed by atoms with E-state index in [2.05, 4.69) is 5.32 Å². The first kappa shape index (κ1) is 15.7. The number of nitrogens with two attached hydrogens (primary N) is 1. The van der Waals surface area contributed by atoms with Crippen LogP contribution in [0.5, 0.6) is 0 Å². The summed E-state index contributed by atoms with van der Waals surface area (Å²) in [4.78, 5) is 12.1. The minimum absolute atomic E-state index is 0.0113. The Morgan fingerprint density at radius 2 is 1.95 bits per heavy atom. The van der Waals surface area contributed by atoms with Gasteiger partial charge in [-0.25, -0.2) is 0 Å². The zero-order valence-corrected chi connectivity index (χ0v) is 12.1. The zero-order valence-electron chi connectivity index (χ0n) is 12.1. The molecule has 0 fully saturated rings. The van der Waals surface area contributed by atoms with Crippen LogP contribution in [0.2, 0.25) is 0 Å². The predicted octanol–water partition coefficient (Wildman–Crippen LogP) is 2.01. The molecule has 0 bridgehead atoms. The van der Waals surface area contributed by atoms with Gasteiger partial charge < -0.3 is 15.8 Å². The Morgan fingerprint density at radius 1 is 1.37 bits per heavy atom. The molecule has 3 N–H and O–H groups in total. The van der Waals surface area contributed by atoms with Crippen LogP contribution in [0.1, 0.15) is 38.8 Å². The van der Waals surface area contributed by atoms with E-state index >= 15 is 0 Å². The summed E-state index contributed by atoms with van der Waals surface area (Å²) in [6.45, 7) is 5.94. The van der Waals surface area contributed by atoms with E-state index in [0.29, 0.717) is 0 Å². The highest BCUT2D eigenvalue weighted by molar-refractivity contribution is 5.83. The SMILES string of the molecule is COC(C)(C)CC(C)NC(=O)C(N)c1ccccc1. The molecule has 1 aromatic carbocycles. The van der Waals surface area contributed by atoms with Gasteiger partial charge in [-0.2, -0.15) is 0 Å². The summed E-state index contributed by atoms with van der Waals surface area (Å²) in [6, 6.07) is 8.74. The van der Waals surface area contributed by atoms with Gasteiger partial charge in [0.25, 0.3) is 0 Å². The van der Waals surface area contributed by atoms with Crippen molar-refractivity contribution in [2.45, 2.75) is 44.9 Å². The van der Waals surface area contributed by atoms with Crippen LogP contribution in [0, 0.1) is 0 Å². The smallest absolute Gasteiger partial charge is 0.241 e. The van der Waals surface area contributed by atoms with Gasteiger partial charge in [0.15, 0.2) is 0 Å². The van der Waals surface area contributed by atoms with Gasteiger partial charge >= 0.3 is 0 Å². The summed E-state index contributed by atoms with van der Waals surface area (Å²) < 4.78 is 5.35. The summed E-state index contributed by atoms with van der Waals surface area (Å²) in [5, 5.41) is 2.92. The topological polar surface area (TPSA) is 64.3 Å². The number of methoxy groups -OCH3 is 1. The van der Waals surface area contributed by atoms with Crippen molar-refractivity contribution in [3.8, 4) is 0 Å². The van der Waals surface area contributed by atoms with Crippen molar-refractivity contribution < 1.29 is 9.53 Å². The number of amides is 1. The summed E-state index contributed by atoms with van der Waals surface area (Å²) in [5.74, 6) is -0.161. The lowest BCUT2D eigenvalue weighted by Gasteiger charge is -2.27. The molecule has 1 aromatic rings. The maximum Gasteiger partial charge on any atom is 0.241 e. The highest BCUT2D eigenvalue weighted by Crippen LogP contribution is 2.16. The molecule has 2 unspecified atom stereocenters. The first-order valence-corrected chi connectivity index (χ1v) is 6.52. The van der Waals surface area contributed by atoms with E-state index in [9.17, 15) is 4.79 Å². The lowest BCUT2D eigenvalue weighted by atomic mass is 9.99. The number of hydrogen-bond donors (Lipinski definition) is 2. The maximum atomic E-state index is 12.1. The third-order valence-corrected chi connectivity index (χ3v) is 3.18. The molecule has 1 amide bonds. The average Bonchev–Trinajstić information content (AvgIpc) is 2.38. The number of benzene rings is 1. The normalized spacial score (nSPS) is 14.8. The molecule has 0 aliphatic heterocycles. The predicted molar refractivity (Wildman–Crippen MR) is 76.7 cm³/mol. The van der Waals surface area contributed by atoms with Crippen LogP contribution < -0.4 is 11.1 Å². The summed E-state index contributed by atoms with van der Waals surface area (Å²) in [5.41, 5.74) is 6.50. The van der Waals surface area contributed by atoms with Gasteiger partial charge in [-0.15, -0.1) is 0 Å². The molecule has 0 saturated heterocycles. The fourth-order valence-corrected chi connectivity index (χ4v) is 2.02. The highest BCUT2D eigenvalue weighted by atomic mass is 16.5. The number of ether oxygens (including phenoxy) is 1. The molecule has 19 heavy (non-hydrogen) atoms. The molecule has 2 atom stereocenters. The van der Waals surface area contributed by atoms with E-state index in [4.69, 9.17) is 10.5 Å². The molecular weight excluding hydrogens is 240 g/mol. The minimum atomic E-state index is -0.630. The quantitative estimate of drug-likeness (QED) is 0.826. The Balaban J connectivity index is 2.55. The van der Waals surface area contributed by atoms with Gasteiger partial charge in [-0.3, -0.25) is 4.79 Å². The van der Waals surface area contributed by atoms with E-state index < -0.39 is 6.04 Å². The summed E-state index contributed by atoms with van der Waals surface area (Å²) in [6.07, 6.45) is 0.733. The van der Waals surface area contributed by atoms with Crippen molar-refractivity contribution in [1.29, 1.82) is 0 Å². The molecular formula is C15H24N2O2. The van der Waals surface area contributed by atoms with Crippen molar-refractivity contribution >= 4 is 5.91 Å². The first-order chi connectivity index (χ1) is 8.85. The Labute approximate surface area is 115 Å². The Kier molecular flexibility index (Phi) is 5.51. The number of rotatable bonds is 6. The van der Waals surface area contributed by atoms with E-state index in [0.717, 1.165) is 12.0 Å². The fourth-order valence-electron chi connectivity index (χ4n) is 2.02. The van der Waals surface area contributed by atoms with Gasteiger partial charge in [0.2, 0.25) is 5.91 Å². The highest BCUT2D eigenvalue weighted by Gasteiger charge is 2.23. The van der Waals surface area contributed by atoms with Crippen LogP contribution in [0.15, 0.2) is 30.3 Å². The standard InChI is InChI=1S/C15H24N2O2/c1-11(10-15(2,3)19-4)17-14(18)13(16)12-8-6-5-7-9-12/h5-9,11,13H,10,16H2,1-4H3,(H,17,18). The molecule has 0 radical (unpaired) electrons. The summed E-state index contributed by atoms with van der Waals surface area (Å²) >= 11 is 0. The number of hydrogen-bond acceptors (Lipinski definition) is 3. The van der Waals surface area contributed by atoms with E-state index in [1.165, 1.54) is 0 Å². The first-order valence-electron chi connectivity index (χ1n) is 6.52. The van der Waals surface area contributed by atoms with Gasteiger partial charge in [0.05, 0.1) is 5.60 Å². The van der Waals surface area contributed by atoms with Crippen molar-refractivity contribution in [1.82, 2.24) is 5.32 Å². The van der Waals surface area contributed by atoms with Gasteiger partial charge in [-0.05, 0) is 32.8 Å². The van der Waals surface area contributed by atoms with E-state index in [-0.39, 0.29) is 17.6 Å². The van der Waals surface area contributed by atoms with Crippen LogP contribution >= 0.6 is 0 Å². The van der Waals surface area contributed by atoms with E-state index in [1.807, 2.05) is 51.1 Å². The van der Waals surface area contributed by atoms with Gasteiger partial charge in [0, 0.05) is 13.2 Å². The number of carbonyl (C=O) groups excluding carboxylic acids is 1. The summed E-state index contributed by atoms with van der Waals surface area (Å²) in [7, 11) is 1.67. The maximum absolute atomic E-state index is 12.1. The second kappa shape index (κ2) is 6.68. The number of carbonyl (C=O) groups is 1. The molecule has 106 valence electrons. The van der Waals surface area contributed by atoms with Crippen LogP contribution in [0.25, 0.3) is 0 Å². The minimum Gasteiger partial charge on any atom is -0.379 e. The molecule has 0 aromatic heterocycles. The van der Waals surface area contributed by atoms with Crippen molar-refractivity contribution in [3.63, 3.8) is 0 Å². The second-order valence-corrected chi connectivity index (χ2v) is 5.47. The van der Waals surface area contributed by atoms with Crippen LogP contribution in [-0.2, 0) is 9.53 Å². The lowest BCUT2D eigenvalue weighted by molar-refractivity contribution is -0.123. The molecule has 1 rings (SSSR count). The average molecular weight is 264 g/mol. The Hall–Kier alpha value is -1.39. The van der Waals surface area contributed by atoms with Crippen LogP contribution in [0.4, 0.5) is 0 Å². The van der Waals surface area contributed by atoms with Crippen LogP contribution in [-0.4, -0.2) is 24.7 Å². The monoisotopic (exact) mass is 264 g/mol. The van der Waals surface area contributed by atoms with Crippen molar-refractivity contribution in [3.05, 3.63) is 35.9 Å². The zero-order chi connectivity index (χ0) is 14.5. The Bertz CT molecular complexity index is 404. The molecule has 0 heterocycles. The van der Waals surface area contributed by atoms with Crippen molar-refractivity contribution in [2.75, 3.05) is 7.11 Å². The van der Waals surface area contributed by atoms with Gasteiger partial charge in [0.1, 0.15) is 6.04 Å². The molecule has 4 heteroatoms. The lowest BCUT2D eigenvalue weighted by Crippen LogP contribution is -2.42. The molecule has 4 nitrogen and oxygen atoms in total. The molecule has 0 spiro atoms. The second-order valence-electron chi connectivity index (χ2n) is 5.47. The largest absolute Gasteiger partial charge is 0.379 e. The molecule has 0 saturated carbocycles. The third-order valence-electron chi connectivity index (χ3n) is 3.18. The van der Waals surface area contributed by atoms with E-state index in [1.54, 1.807) is 7.11 Å². The number of nitrogens with one attached hydrogen (secondary N) is 1. The molecule has 0 aliphatic rings. The Morgan fingerprint density at radius 3 is 2.47 bits per heavy atom.